The number of nitrogens with zero attached hydrogens (tertiary/aromatic N) is 3. The van der Waals surface area contributed by atoms with Crippen molar-refractivity contribution in [2.24, 2.45) is 0 Å². The number of benzene rings is 2. The maximum atomic E-state index is 14.0. The lowest BCUT2D eigenvalue weighted by Crippen LogP contribution is -2.44. The minimum absolute atomic E-state index is 0.133. The van der Waals surface area contributed by atoms with Gasteiger partial charge in [0, 0.05) is 38.9 Å². The van der Waals surface area contributed by atoms with E-state index < -0.39 is 11.7 Å². The molecule has 1 saturated carbocycles. The van der Waals surface area contributed by atoms with Gasteiger partial charge in [0.05, 0.1) is 29.9 Å². The molecule has 2 heterocycles. The van der Waals surface area contributed by atoms with E-state index in [1.165, 1.54) is 6.07 Å². The van der Waals surface area contributed by atoms with Gasteiger partial charge >= 0.3 is 6.18 Å². The highest BCUT2D eigenvalue weighted by Crippen LogP contribution is 2.36. The van der Waals surface area contributed by atoms with Crippen molar-refractivity contribution >= 4 is 11.7 Å². The lowest BCUT2D eigenvalue weighted by Gasteiger charge is -2.33. The first-order chi connectivity index (χ1) is 19.7. The highest BCUT2D eigenvalue weighted by atomic mass is 19.4. The number of nitrogens with two attached hydrogens (primary N) is 1. The Labute approximate surface area is 238 Å². The summed E-state index contributed by atoms with van der Waals surface area (Å²) in [6, 6.07) is 15.2. The molecule has 1 saturated heterocycles. The summed E-state index contributed by atoms with van der Waals surface area (Å²) in [5.41, 5.74) is 8.05. The SMILES string of the molecule is CN1CCN(Cc2ccc(-c3ccc(CO[C@H]4CCC[C@@H]4NC(=O)c4cccnc4N)cc3)cc2C(F)(F)F)CC1. The van der Waals surface area contributed by atoms with Gasteiger partial charge in [0.1, 0.15) is 5.82 Å². The summed E-state index contributed by atoms with van der Waals surface area (Å²) in [5.74, 6) is -0.0826. The summed E-state index contributed by atoms with van der Waals surface area (Å²) in [4.78, 5) is 20.9. The molecule has 3 aromatic rings. The third kappa shape index (κ3) is 7.25. The predicted octanol–water partition coefficient (Wildman–Crippen LogP) is 4.96. The van der Waals surface area contributed by atoms with Gasteiger partial charge in [-0.25, -0.2) is 4.98 Å². The Hall–Kier alpha value is -3.47. The number of nitrogens with one attached hydrogen (secondary N) is 1. The van der Waals surface area contributed by atoms with Crippen LogP contribution in [0.2, 0.25) is 0 Å². The van der Waals surface area contributed by atoms with Gasteiger partial charge in [-0.05, 0) is 66.8 Å². The van der Waals surface area contributed by atoms with E-state index >= 15 is 0 Å². The number of rotatable bonds is 8. The molecule has 2 aromatic carbocycles. The molecule has 0 radical (unpaired) electrons. The Kier molecular flexibility index (Phi) is 8.91. The number of alkyl halides is 3. The van der Waals surface area contributed by atoms with E-state index in [2.05, 4.69) is 20.1 Å². The number of carbonyl (C=O) groups excluding carboxylic acids is 1. The fraction of sp³-hybridized carbons (Fsp3) is 0.419. The number of hydrogen-bond donors (Lipinski definition) is 2. The maximum Gasteiger partial charge on any atom is 0.416 e. The van der Waals surface area contributed by atoms with Crippen molar-refractivity contribution in [3.05, 3.63) is 83.0 Å². The molecule has 7 nitrogen and oxygen atoms in total. The van der Waals surface area contributed by atoms with Crippen LogP contribution >= 0.6 is 0 Å². The number of nitrogen functional groups attached to an aromatic ring is 1. The van der Waals surface area contributed by atoms with Crippen LogP contribution in [0.3, 0.4) is 0 Å². The van der Waals surface area contributed by atoms with Crippen LogP contribution in [-0.4, -0.2) is 66.1 Å². The number of likely N-dealkylation sites (N-methyl/N-ethyl adjacent to an activating group) is 1. The highest BCUT2D eigenvalue weighted by Gasteiger charge is 2.34. The lowest BCUT2D eigenvalue weighted by molar-refractivity contribution is -0.138. The van der Waals surface area contributed by atoms with Gasteiger partial charge in [0.2, 0.25) is 0 Å². The number of carbonyl (C=O) groups is 1. The number of aromatic nitrogens is 1. The molecule has 5 rings (SSSR count). The largest absolute Gasteiger partial charge is 0.416 e. The van der Waals surface area contributed by atoms with E-state index in [0.717, 1.165) is 51.0 Å². The van der Waals surface area contributed by atoms with Gasteiger partial charge in [-0.15, -0.1) is 0 Å². The van der Waals surface area contributed by atoms with Crippen molar-refractivity contribution in [2.75, 3.05) is 39.0 Å². The third-order valence-electron chi connectivity index (χ3n) is 8.01. The number of halogens is 3. The Balaban J connectivity index is 1.21. The molecule has 1 aliphatic carbocycles. The summed E-state index contributed by atoms with van der Waals surface area (Å²) < 4.78 is 48.2. The third-order valence-corrected chi connectivity index (χ3v) is 8.01. The zero-order valence-corrected chi connectivity index (χ0v) is 23.2. The van der Waals surface area contributed by atoms with Crippen LogP contribution < -0.4 is 11.1 Å². The molecule has 41 heavy (non-hydrogen) atoms. The standard InChI is InChI=1S/C31H36F3N5O2/c1-38-14-16-39(17-15-38)19-24-12-11-23(18-26(24)31(32,33)34)22-9-7-21(8-10-22)20-41-28-6-2-5-27(28)37-30(40)25-4-3-13-36-29(25)35/h3-4,7-13,18,27-28H,2,5-6,14-17,19-20H2,1H3,(H2,35,36)(H,37,40)/t27-,28-/m0/s1. The van der Waals surface area contributed by atoms with Gasteiger partial charge in [-0.1, -0.05) is 36.4 Å². The normalized spacial score (nSPS) is 20.3. The number of anilines is 1. The average Bonchev–Trinajstić information content (AvgIpc) is 3.40. The first-order valence-electron chi connectivity index (χ1n) is 14.0. The van der Waals surface area contributed by atoms with Gasteiger partial charge in [0.15, 0.2) is 0 Å². The minimum atomic E-state index is -4.43. The first kappa shape index (κ1) is 29.0. The van der Waals surface area contributed by atoms with E-state index in [1.807, 2.05) is 31.3 Å². The average molecular weight is 568 g/mol. The predicted molar refractivity (Wildman–Crippen MR) is 152 cm³/mol. The van der Waals surface area contributed by atoms with Crippen LogP contribution in [0.15, 0.2) is 60.8 Å². The van der Waals surface area contributed by atoms with Crippen LogP contribution in [0.1, 0.15) is 46.3 Å². The summed E-state index contributed by atoms with van der Waals surface area (Å²) in [7, 11) is 2.03. The summed E-state index contributed by atoms with van der Waals surface area (Å²) in [5, 5.41) is 3.02. The Morgan fingerprint density at radius 2 is 1.78 bits per heavy atom. The molecule has 1 aromatic heterocycles. The Morgan fingerprint density at radius 1 is 1.05 bits per heavy atom. The Morgan fingerprint density at radius 3 is 2.49 bits per heavy atom. The smallest absolute Gasteiger partial charge is 0.383 e. The van der Waals surface area contributed by atoms with Gasteiger partial charge < -0.3 is 20.7 Å². The molecule has 0 unspecified atom stereocenters. The highest BCUT2D eigenvalue weighted by molar-refractivity contribution is 5.98. The molecule has 218 valence electrons. The maximum absolute atomic E-state index is 14.0. The fourth-order valence-corrected chi connectivity index (χ4v) is 5.55. The van der Waals surface area contributed by atoms with Crippen LogP contribution in [0.25, 0.3) is 11.1 Å². The molecule has 0 spiro atoms. The molecule has 2 aliphatic rings. The second-order valence-corrected chi connectivity index (χ2v) is 10.9. The number of amides is 1. The van der Waals surface area contributed by atoms with Crippen LogP contribution in [0.4, 0.5) is 19.0 Å². The van der Waals surface area contributed by atoms with Crippen LogP contribution in [-0.2, 0) is 24.1 Å². The molecular formula is C31H36F3N5O2. The van der Waals surface area contributed by atoms with E-state index in [4.69, 9.17) is 10.5 Å². The van der Waals surface area contributed by atoms with E-state index in [1.54, 1.807) is 30.5 Å². The fourth-order valence-electron chi connectivity index (χ4n) is 5.55. The van der Waals surface area contributed by atoms with Crippen molar-refractivity contribution in [1.29, 1.82) is 0 Å². The van der Waals surface area contributed by atoms with Crippen molar-refractivity contribution in [1.82, 2.24) is 20.1 Å². The molecule has 1 amide bonds. The van der Waals surface area contributed by atoms with E-state index in [-0.39, 0.29) is 30.4 Å². The van der Waals surface area contributed by atoms with Crippen molar-refractivity contribution in [3.63, 3.8) is 0 Å². The zero-order chi connectivity index (χ0) is 29.0. The minimum Gasteiger partial charge on any atom is -0.383 e. The van der Waals surface area contributed by atoms with Gasteiger partial charge in [0.25, 0.3) is 5.91 Å². The van der Waals surface area contributed by atoms with E-state index in [9.17, 15) is 18.0 Å². The number of piperazine rings is 1. The van der Waals surface area contributed by atoms with Gasteiger partial charge in [-0.3, -0.25) is 9.69 Å². The summed E-state index contributed by atoms with van der Waals surface area (Å²) in [6.07, 6.45) is -0.462. The molecule has 2 fully saturated rings. The zero-order valence-electron chi connectivity index (χ0n) is 23.2. The van der Waals surface area contributed by atoms with E-state index in [0.29, 0.717) is 28.9 Å². The molecule has 1 aliphatic heterocycles. The number of ether oxygens (including phenoxy) is 1. The van der Waals surface area contributed by atoms with Crippen molar-refractivity contribution in [2.45, 2.75) is 50.7 Å². The van der Waals surface area contributed by atoms with Crippen LogP contribution in [0, 0.1) is 0 Å². The monoisotopic (exact) mass is 567 g/mol. The van der Waals surface area contributed by atoms with Crippen molar-refractivity contribution < 1.29 is 22.7 Å². The molecule has 2 atom stereocenters. The second kappa shape index (κ2) is 12.6. The Bertz CT molecular complexity index is 1340. The van der Waals surface area contributed by atoms with Crippen molar-refractivity contribution in [3.8, 4) is 11.1 Å². The summed E-state index contributed by atoms with van der Waals surface area (Å²) >= 11 is 0. The lowest BCUT2D eigenvalue weighted by atomic mass is 9.97. The van der Waals surface area contributed by atoms with Gasteiger partial charge in [-0.2, -0.15) is 13.2 Å². The molecule has 10 heteroatoms. The number of hydrogen-bond acceptors (Lipinski definition) is 6. The van der Waals surface area contributed by atoms with Crippen LogP contribution in [0.5, 0.6) is 0 Å². The second-order valence-electron chi connectivity index (χ2n) is 10.9. The quantitative estimate of drug-likeness (QED) is 0.400. The molecule has 3 N–H and O–H groups in total. The topological polar surface area (TPSA) is 83.7 Å². The molecule has 0 bridgehead atoms. The molecular weight excluding hydrogens is 531 g/mol. The first-order valence-corrected chi connectivity index (χ1v) is 14.0. The number of pyridine rings is 1. The summed E-state index contributed by atoms with van der Waals surface area (Å²) in [6.45, 7) is 3.85.